The number of para-hydroxylation sites is 2. The van der Waals surface area contributed by atoms with Gasteiger partial charge in [0.05, 0.1) is 11.4 Å². The Hall–Kier alpha value is -2.07. The number of halogens is 1. The molecule has 4 heteroatoms. The number of rotatable bonds is 4. The molecule has 0 aromatic heterocycles. The number of fused-ring (bicyclic) bond motifs is 1. The lowest BCUT2D eigenvalue weighted by atomic mass is 10.1. The van der Waals surface area contributed by atoms with Crippen molar-refractivity contribution in [2.24, 2.45) is 5.92 Å². The van der Waals surface area contributed by atoms with Gasteiger partial charge in [-0.3, -0.25) is 0 Å². The lowest BCUT2D eigenvalue weighted by molar-refractivity contribution is 0.547. The van der Waals surface area contributed by atoms with E-state index in [1.807, 2.05) is 12.1 Å². The normalized spacial score (nSPS) is 20.3. The van der Waals surface area contributed by atoms with E-state index in [2.05, 4.69) is 39.4 Å². The Bertz CT molecular complexity index is 697. The van der Waals surface area contributed by atoms with Crippen molar-refractivity contribution >= 4 is 11.4 Å². The van der Waals surface area contributed by atoms with Crippen molar-refractivity contribution in [1.82, 2.24) is 5.32 Å². The fourth-order valence-corrected chi connectivity index (χ4v) is 3.85. The molecule has 0 spiro atoms. The van der Waals surface area contributed by atoms with Crippen LogP contribution in [0.5, 0.6) is 0 Å². The molecule has 0 aliphatic carbocycles. The largest absolute Gasteiger partial charge is 0.368 e. The van der Waals surface area contributed by atoms with Gasteiger partial charge in [-0.05, 0) is 43.6 Å². The molecule has 0 bridgehead atoms. The SMILES string of the molecule is Fc1ccccc1CN1CCN(CC2CCNC2)c2ccccc21. The molecule has 24 heavy (non-hydrogen) atoms. The topological polar surface area (TPSA) is 18.5 Å². The molecule has 1 N–H and O–H groups in total. The molecule has 3 nitrogen and oxygen atoms in total. The smallest absolute Gasteiger partial charge is 0.128 e. The molecular weight excluding hydrogens is 301 g/mol. The first-order valence-corrected chi connectivity index (χ1v) is 8.84. The van der Waals surface area contributed by atoms with Crippen LogP contribution in [-0.4, -0.2) is 32.7 Å². The molecule has 2 heterocycles. The van der Waals surface area contributed by atoms with E-state index in [1.54, 1.807) is 12.1 Å². The summed E-state index contributed by atoms with van der Waals surface area (Å²) in [4.78, 5) is 4.81. The van der Waals surface area contributed by atoms with Crippen LogP contribution in [0, 0.1) is 11.7 Å². The van der Waals surface area contributed by atoms with E-state index in [1.165, 1.54) is 17.8 Å². The maximum absolute atomic E-state index is 14.0. The van der Waals surface area contributed by atoms with E-state index < -0.39 is 0 Å². The van der Waals surface area contributed by atoms with Gasteiger partial charge < -0.3 is 15.1 Å². The summed E-state index contributed by atoms with van der Waals surface area (Å²) in [5, 5.41) is 3.45. The van der Waals surface area contributed by atoms with Crippen molar-refractivity contribution in [3.8, 4) is 0 Å². The second-order valence-corrected chi connectivity index (χ2v) is 6.81. The Balaban J connectivity index is 1.56. The Morgan fingerprint density at radius 3 is 2.42 bits per heavy atom. The molecule has 1 saturated heterocycles. The number of hydrogen-bond donors (Lipinski definition) is 1. The highest BCUT2D eigenvalue weighted by molar-refractivity contribution is 5.73. The average Bonchev–Trinajstić information content (AvgIpc) is 3.12. The molecular formula is C20H24FN3. The predicted molar refractivity (Wildman–Crippen MR) is 97.1 cm³/mol. The third kappa shape index (κ3) is 3.11. The lowest BCUT2D eigenvalue weighted by Crippen LogP contribution is -2.43. The van der Waals surface area contributed by atoms with Gasteiger partial charge in [-0.2, -0.15) is 0 Å². The van der Waals surface area contributed by atoms with Crippen molar-refractivity contribution in [3.63, 3.8) is 0 Å². The van der Waals surface area contributed by atoms with Gasteiger partial charge in [0.1, 0.15) is 5.82 Å². The van der Waals surface area contributed by atoms with Crippen molar-refractivity contribution in [2.75, 3.05) is 42.5 Å². The fraction of sp³-hybridized carbons (Fsp3) is 0.400. The van der Waals surface area contributed by atoms with E-state index in [4.69, 9.17) is 0 Å². The van der Waals surface area contributed by atoms with Gasteiger partial charge in [-0.1, -0.05) is 30.3 Å². The van der Waals surface area contributed by atoms with Crippen LogP contribution in [0.1, 0.15) is 12.0 Å². The standard InChI is InChI=1S/C20H24FN3/c21-18-6-2-1-5-17(18)15-24-12-11-23(14-16-9-10-22-13-16)19-7-3-4-8-20(19)24/h1-8,16,22H,9-15H2. The van der Waals surface area contributed by atoms with Gasteiger partial charge in [0.2, 0.25) is 0 Å². The summed E-state index contributed by atoms with van der Waals surface area (Å²) in [6, 6.07) is 15.6. The monoisotopic (exact) mass is 325 g/mol. The first-order chi connectivity index (χ1) is 11.8. The van der Waals surface area contributed by atoms with E-state index in [0.29, 0.717) is 6.54 Å². The molecule has 2 aliphatic heterocycles. The zero-order chi connectivity index (χ0) is 16.4. The molecule has 2 aromatic carbocycles. The molecule has 2 aromatic rings. The van der Waals surface area contributed by atoms with Gasteiger partial charge in [-0.15, -0.1) is 0 Å². The average molecular weight is 325 g/mol. The van der Waals surface area contributed by atoms with E-state index in [-0.39, 0.29) is 5.82 Å². The predicted octanol–water partition coefficient (Wildman–Crippen LogP) is 3.26. The van der Waals surface area contributed by atoms with Crippen molar-refractivity contribution in [2.45, 2.75) is 13.0 Å². The van der Waals surface area contributed by atoms with E-state index in [9.17, 15) is 4.39 Å². The Morgan fingerprint density at radius 2 is 1.67 bits per heavy atom. The third-order valence-electron chi connectivity index (χ3n) is 5.16. The van der Waals surface area contributed by atoms with Gasteiger partial charge in [-0.25, -0.2) is 4.39 Å². The minimum absolute atomic E-state index is 0.116. The number of benzene rings is 2. The van der Waals surface area contributed by atoms with Crippen LogP contribution in [0.4, 0.5) is 15.8 Å². The number of hydrogen-bond acceptors (Lipinski definition) is 3. The fourth-order valence-electron chi connectivity index (χ4n) is 3.85. The Morgan fingerprint density at radius 1 is 0.958 bits per heavy atom. The zero-order valence-corrected chi connectivity index (χ0v) is 13.9. The maximum atomic E-state index is 14.0. The number of nitrogens with zero attached hydrogens (tertiary/aromatic N) is 2. The van der Waals surface area contributed by atoms with E-state index in [0.717, 1.165) is 44.2 Å². The molecule has 1 fully saturated rings. The molecule has 0 amide bonds. The van der Waals surface area contributed by atoms with Crippen LogP contribution in [0.25, 0.3) is 0 Å². The highest BCUT2D eigenvalue weighted by Crippen LogP contribution is 2.34. The molecule has 2 aliphatic rings. The first-order valence-electron chi connectivity index (χ1n) is 8.84. The Labute approximate surface area is 143 Å². The summed E-state index contributed by atoms with van der Waals surface area (Å²) in [6.07, 6.45) is 1.26. The minimum atomic E-state index is -0.116. The molecule has 0 radical (unpaired) electrons. The highest BCUT2D eigenvalue weighted by atomic mass is 19.1. The van der Waals surface area contributed by atoms with Crippen LogP contribution < -0.4 is 15.1 Å². The number of nitrogens with one attached hydrogen (secondary N) is 1. The first kappa shape index (κ1) is 15.5. The van der Waals surface area contributed by atoms with Gasteiger partial charge >= 0.3 is 0 Å². The summed E-state index contributed by atoms with van der Waals surface area (Å²) in [6.45, 7) is 5.94. The molecule has 126 valence electrons. The zero-order valence-electron chi connectivity index (χ0n) is 13.9. The summed E-state index contributed by atoms with van der Waals surface area (Å²) >= 11 is 0. The molecule has 1 atom stereocenters. The van der Waals surface area contributed by atoms with Crippen LogP contribution >= 0.6 is 0 Å². The number of anilines is 2. The molecule has 4 rings (SSSR count). The second-order valence-electron chi connectivity index (χ2n) is 6.81. The van der Waals surface area contributed by atoms with Crippen LogP contribution in [-0.2, 0) is 6.54 Å². The summed E-state index contributed by atoms with van der Waals surface area (Å²) in [5.74, 6) is 0.616. The molecule has 1 unspecified atom stereocenters. The highest BCUT2D eigenvalue weighted by Gasteiger charge is 2.25. The van der Waals surface area contributed by atoms with Gasteiger partial charge in [0.15, 0.2) is 0 Å². The summed E-state index contributed by atoms with van der Waals surface area (Å²) in [5.41, 5.74) is 3.27. The van der Waals surface area contributed by atoms with Gasteiger partial charge in [0.25, 0.3) is 0 Å². The van der Waals surface area contributed by atoms with Crippen LogP contribution in [0.3, 0.4) is 0 Å². The van der Waals surface area contributed by atoms with Crippen LogP contribution in [0.15, 0.2) is 48.5 Å². The summed E-state index contributed by atoms with van der Waals surface area (Å²) in [7, 11) is 0. The lowest BCUT2D eigenvalue weighted by Gasteiger charge is -2.40. The van der Waals surface area contributed by atoms with Crippen molar-refractivity contribution < 1.29 is 4.39 Å². The van der Waals surface area contributed by atoms with Crippen LogP contribution in [0.2, 0.25) is 0 Å². The summed E-state index contributed by atoms with van der Waals surface area (Å²) < 4.78 is 14.0. The quantitative estimate of drug-likeness (QED) is 0.931. The third-order valence-corrected chi connectivity index (χ3v) is 5.16. The maximum Gasteiger partial charge on any atom is 0.128 e. The molecule has 0 saturated carbocycles. The Kier molecular flexibility index (Phi) is 4.39. The second kappa shape index (κ2) is 6.81. The van der Waals surface area contributed by atoms with E-state index >= 15 is 0 Å². The van der Waals surface area contributed by atoms with Crippen molar-refractivity contribution in [1.29, 1.82) is 0 Å². The minimum Gasteiger partial charge on any atom is -0.368 e. The van der Waals surface area contributed by atoms with Crippen molar-refractivity contribution in [3.05, 3.63) is 59.9 Å². The van der Waals surface area contributed by atoms with Gasteiger partial charge in [0, 0.05) is 31.7 Å².